The van der Waals surface area contributed by atoms with Crippen LogP contribution >= 0.6 is 0 Å². The largest absolute Gasteiger partial charge is 0.504 e. The van der Waals surface area contributed by atoms with Gasteiger partial charge in [-0.2, -0.15) is 5.26 Å². The first-order chi connectivity index (χ1) is 14.7. The lowest BCUT2D eigenvalue weighted by Crippen LogP contribution is -2.11. The molecule has 7 nitrogen and oxygen atoms in total. The van der Waals surface area contributed by atoms with Crippen LogP contribution < -0.4 is 4.74 Å². The summed E-state index contributed by atoms with van der Waals surface area (Å²) in [4.78, 5) is 12.3. The highest BCUT2D eigenvalue weighted by atomic mass is 16.5. The number of aromatic hydroxyl groups is 4. The monoisotopic (exact) mass is 417 g/mol. The van der Waals surface area contributed by atoms with Crippen molar-refractivity contribution in [1.29, 1.82) is 5.26 Å². The fraction of sp³-hybridized carbons (Fsp3) is 0.0833. The molecule has 4 N–H and O–H groups in total. The Labute approximate surface area is 178 Å². The zero-order valence-corrected chi connectivity index (χ0v) is 16.6. The van der Waals surface area contributed by atoms with Gasteiger partial charge in [0.15, 0.2) is 35.4 Å². The van der Waals surface area contributed by atoms with Crippen LogP contribution in [0.5, 0.6) is 28.7 Å². The lowest BCUT2D eigenvalue weighted by Gasteiger charge is -2.15. The molecule has 0 saturated carbocycles. The van der Waals surface area contributed by atoms with Crippen LogP contribution in [0.15, 0.2) is 55.1 Å². The first-order valence-corrected chi connectivity index (χ1v) is 9.16. The molecule has 0 amide bonds. The summed E-state index contributed by atoms with van der Waals surface area (Å²) in [5.41, 5.74) is 2.38. The summed E-state index contributed by atoms with van der Waals surface area (Å²) in [6, 6.07) is 13.5. The summed E-state index contributed by atoms with van der Waals surface area (Å²) >= 11 is 0. The van der Waals surface area contributed by atoms with E-state index >= 15 is 0 Å². The fourth-order valence-electron chi connectivity index (χ4n) is 3.04. The van der Waals surface area contributed by atoms with Crippen molar-refractivity contribution < 1.29 is 30.0 Å². The van der Waals surface area contributed by atoms with Crippen LogP contribution in [0.4, 0.5) is 0 Å². The molecule has 0 fully saturated rings. The van der Waals surface area contributed by atoms with Crippen molar-refractivity contribution in [2.24, 2.45) is 0 Å². The van der Waals surface area contributed by atoms with E-state index in [4.69, 9.17) is 10.00 Å². The summed E-state index contributed by atoms with van der Waals surface area (Å²) < 4.78 is 5.32. The molecular weight excluding hydrogens is 398 g/mol. The lowest BCUT2D eigenvalue weighted by molar-refractivity contribution is 0.0918. The molecule has 0 saturated heterocycles. The van der Waals surface area contributed by atoms with Crippen molar-refractivity contribution in [2.45, 2.75) is 6.92 Å². The molecule has 0 aliphatic carbocycles. The van der Waals surface area contributed by atoms with Crippen molar-refractivity contribution in [3.63, 3.8) is 0 Å². The van der Waals surface area contributed by atoms with Crippen LogP contribution in [0.1, 0.15) is 32.6 Å². The number of nitriles is 1. The normalized spacial score (nSPS) is 10.3. The third kappa shape index (κ3) is 4.28. The number of rotatable bonds is 6. The van der Waals surface area contributed by atoms with E-state index in [9.17, 15) is 25.2 Å². The topological polar surface area (TPSA) is 131 Å². The van der Waals surface area contributed by atoms with E-state index in [-0.39, 0.29) is 17.2 Å². The molecule has 3 aromatic rings. The number of carbonyl (C=O) groups excluding carboxylic acids is 1. The maximum absolute atomic E-state index is 12.3. The number of hydrogen-bond acceptors (Lipinski definition) is 7. The highest BCUT2D eigenvalue weighted by Gasteiger charge is 2.18. The third-order valence-corrected chi connectivity index (χ3v) is 4.82. The van der Waals surface area contributed by atoms with Gasteiger partial charge in [0.2, 0.25) is 5.75 Å². The molecule has 0 atom stereocenters. The second-order valence-electron chi connectivity index (χ2n) is 6.83. The third-order valence-electron chi connectivity index (χ3n) is 4.82. The highest BCUT2D eigenvalue weighted by Crippen LogP contribution is 2.41. The minimum atomic E-state index is -0.432. The van der Waals surface area contributed by atoms with E-state index in [0.717, 1.165) is 0 Å². The van der Waals surface area contributed by atoms with Gasteiger partial charge in [-0.15, -0.1) is 0 Å². The van der Waals surface area contributed by atoms with Gasteiger partial charge >= 0.3 is 0 Å². The van der Waals surface area contributed by atoms with Crippen LogP contribution in [0.25, 0.3) is 5.57 Å². The highest BCUT2D eigenvalue weighted by molar-refractivity contribution is 5.97. The molecule has 0 heterocycles. The van der Waals surface area contributed by atoms with Crippen LogP contribution in [-0.2, 0) is 0 Å². The van der Waals surface area contributed by atoms with Crippen molar-refractivity contribution in [3.05, 3.63) is 82.9 Å². The average Bonchev–Trinajstić information content (AvgIpc) is 2.76. The summed E-state index contributed by atoms with van der Waals surface area (Å²) in [5.74, 6) is -2.01. The number of phenols is 4. The van der Waals surface area contributed by atoms with E-state index < -0.39 is 23.9 Å². The zero-order valence-electron chi connectivity index (χ0n) is 16.6. The average molecular weight is 417 g/mol. The Kier molecular flexibility index (Phi) is 5.84. The molecule has 0 radical (unpaired) electrons. The summed E-state index contributed by atoms with van der Waals surface area (Å²) in [7, 11) is 0. The smallest absolute Gasteiger partial charge is 0.203 e. The minimum absolute atomic E-state index is 0.260. The van der Waals surface area contributed by atoms with Crippen LogP contribution in [0.2, 0.25) is 0 Å². The van der Waals surface area contributed by atoms with E-state index in [0.29, 0.717) is 33.4 Å². The Morgan fingerprint density at radius 1 is 0.968 bits per heavy atom. The number of ether oxygens (including phenoxy) is 1. The SMILES string of the molecule is C=C(c1cc(O)c(OCC(=O)c2ccc(C#N)cc2)c(O)c1)c1ccc(O)c(O)c1C. The lowest BCUT2D eigenvalue weighted by atomic mass is 9.94. The zero-order chi connectivity index (χ0) is 22.7. The van der Waals surface area contributed by atoms with Crippen LogP contribution in [-0.4, -0.2) is 32.8 Å². The van der Waals surface area contributed by atoms with Gasteiger partial charge in [0.05, 0.1) is 11.6 Å². The Balaban J connectivity index is 1.80. The quantitative estimate of drug-likeness (QED) is 0.352. The molecule has 0 aliphatic rings. The Bertz CT molecular complexity index is 1200. The van der Waals surface area contributed by atoms with Crippen LogP contribution in [0, 0.1) is 18.3 Å². The minimum Gasteiger partial charge on any atom is -0.504 e. The predicted molar refractivity (Wildman–Crippen MR) is 113 cm³/mol. The summed E-state index contributed by atoms with van der Waals surface area (Å²) in [6.45, 7) is 5.10. The Hall–Kier alpha value is -4.44. The maximum atomic E-state index is 12.3. The number of benzene rings is 3. The first-order valence-electron chi connectivity index (χ1n) is 9.16. The molecule has 3 rings (SSSR count). The number of carbonyl (C=O) groups is 1. The number of Topliss-reactive ketones (excluding diaryl/α,β-unsaturated/α-hetero) is 1. The standard InChI is InChI=1S/C24H19NO6/c1-13(18-7-8-19(26)23(30)14(18)2)17-9-20(27)24(21(28)10-17)31-12-22(29)16-5-3-15(11-25)4-6-16/h3-10,26-28,30H,1,12H2,2H3. The van der Waals surface area contributed by atoms with Crippen molar-refractivity contribution in [3.8, 4) is 34.8 Å². The van der Waals surface area contributed by atoms with Crippen molar-refractivity contribution in [2.75, 3.05) is 6.61 Å². The number of phenolic OH excluding ortho intramolecular Hbond substituents is 4. The maximum Gasteiger partial charge on any atom is 0.203 e. The van der Waals surface area contributed by atoms with Gasteiger partial charge in [0.1, 0.15) is 0 Å². The number of nitrogens with zero attached hydrogens (tertiary/aromatic N) is 1. The molecule has 0 aromatic heterocycles. The molecule has 0 bridgehead atoms. The Morgan fingerprint density at radius 3 is 2.16 bits per heavy atom. The molecule has 3 aromatic carbocycles. The second-order valence-corrected chi connectivity index (χ2v) is 6.83. The molecule has 156 valence electrons. The molecule has 7 heteroatoms. The van der Waals surface area contributed by atoms with Gasteiger partial charge in [0.25, 0.3) is 0 Å². The van der Waals surface area contributed by atoms with Crippen molar-refractivity contribution in [1.82, 2.24) is 0 Å². The summed E-state index contributed by atoms with van der Waals surface area (Å²) in [5, 5.41) is 49.0. The number of ketones is 1. The Morgan fingerprint density at radius 2 is 1.58 bits per heavy atom. The predicted octanol–water partition coefficient (Wildman–Crippen LogP) is 4.01. The summed E-state index contributed by atoms with van der Waals surface area (Å²) in [6.07, 6.45) is 0. The van der Waals surface area contributed by atoms with Gasteiger partial charge in [-0.25, -0.2) is 0 Å². The van der Waals surface area contributed by atoms with Gasteiger partial charge in [-0.3, -0.25) is 4.79 Å². The first kappa shape index (κ1) is 21.3. The second kappa shape index (κ2) is 8.51. The van der Waals surface area contributed by atoms with E-state index in [1.807, 2.05) is 6.07 Å². The molecule has 0 unspecified atom stereocenters. The fourth-order valence-corrected chi connectivity index (χ4v) is 3.04. The van der Waals surface area contributed by atoms with Gasteiger partial charge in [-0.05, 0) is 66.1 Å². The van der Waals surface area contributed by atoms with Gasteiger partial charge in [0, 0.05) is 11.1 Å². The van der Waals surface area contributed by atoms with E-state index in [1.54, 1.807) is 13.0 Å². The van der Waals surface area contributed by atoms with Crippen molar-refractivity contribution >= 4 is 11.4 Å². The molecule has 31 heavy (non-hydrogen) atoms. The molecule has 0 spiro atoms. The molecular formula is C24H19NO6. The van der Waals surface area contributed by atoms with E-state index in [1.165, 1.54) is 42.5 Å². The number of hydrogen-bond donors (Lipinski definition) is 4. The van der Waals surface area contributed by atoms with E-state index in [2.05, 4.69) is 6.58 Å². The van der Waals surface area contributed by atoms with Gasteiger partial charge in [-0.1, -0.05) is 12.6 Å². The van der Waals surface area contributed by atoms with Crippen LogP contribution in [0.3, 0.4) is 0 Å². The van der Waals surface area contributed by atoms with Gasteiger partial charge < -0.3 is 25.2 Å². The molecule has 0 aliphatic heterocycles.